The Bertz CT molecular complexity index is 1030. The van der Waals surface area contributed by atoms with E-state index in [0.717, 1.165) is 39.2 Å². The first-order valence-corrected chi connectivity index (χ1v) is 10.2. The fourth-order valence-corrected chi connectivity index (χ4v) is 4.22. The van der Waals surface area contributed by atoms with E-state index in [1.54, 1.807) is 23.5 Å². The van der Waals surface area contributed by atoms with Gasteiger partial charge in [0.15, 0.2) is 6.29 Å². The summed E-state index contributed by atoms with van der Waals surface area (Å²) in [5.74, 6) is 1.10. The molecule has 0 saturated heterocycles. The van der Waals surface area contributed by atoms with E-state index in [0.29, 0.717) is 30.2 Å². The molecular weight excluding hydrogens is 370 g/mol. The highest BCUT2D eigenvalue weighted by Gasteiger charge is 2.21. The monoisotopic (exact) mass is 391 g/mol. The Morgan fingerprint density at radius 2 is 1.96 bits per heavy atom. The van der Waals surface area contributed by atoms with Gasteiger partial charge < -0.3 is 10.1 Å². The first-order valence-electron chi connectivity index (χ1n) is 9.28. The Kier molecular flexibility index (Phi) is 5.01. The zero-order chi connectivity index (χ0) is 19.7. The molecular formula is C23H21NO3S. The third kappa shape index (κ3) is 3.45. The standard InChI is InChI=1S/C23H21NO3S/c1-14(2)11-24-23(26)16-5-3-15(4-6-16)19-10-21-20(9-18(19)12-25)22-17(13-27-21)7-8-28-22/h3-10,12,14H,11,13H2,1-2H3,(H,24,26). The van der Waals surface area contributed by atoms with Crippen molar-refractivity contribution in [1.82, 2.24) is 5.32 Å². The molecule has 0 spiro atoms. The molecule has 0 fully saturated rings. The fourth-order valence-electron chi connectivity index (χ4n) is 3.28. The minimum absolute atomic E-state index is 0.0881. The summed E-state index contributed by atoms with van der Waals surface area (Å²) in [5.41, 5.74) is 5.02. The molecule has 0 saturated carbocycles. The first-order chi connectivity index (χ1) is 13.6. The van der Waals surface area contributed by atoms with Gasteiger partial charge >= 0.3 is 0 Å². The molecule has 1 aromatic heterocycles. The molecule has 2 aromatic carbocycles. The predicted octanol–water partition coefficient (Wildman–Crippen LogP) is 5.17. The number of nitrogens with one attached hydrogen (secondary N) is 1. The molecule has 0 bridgehead atoms. The van der Waals surface area contributed by atoms with Crippen LogP contribution in [0.4, 0.5) is 0 Å². The SMILES string of the molecule is CC(C)CNC(=O)c1ccc(-c2cc3c(cc2C=O)-c2sccc2CO3)cc1. The minimum Gasteiger partial charge on any atom is -0.488 e. The van der Waals surface area contributed by atoms with Crippen LogP contribution in [0.3, 0.4) is 0 Å². The van der Waals surface area contributed by atoms with Crippen LogP contribution in [0, 0.1) is 5.92 Å². The fraction of sp³-hybridized carbons (Fsp3) is 0.217. The highest BCUT2D eigenvalue weighted by molar-refractivity contribution is 7.13. The van der Waals surface area contributed by atoms with Crippen molar-refractivity contribution < 1.29 is 14.3 Å². The van der Waals surface area contributed by atoms with Gasteiger partial charge in [-0.3, -0.25) is 9.59 Å². The Labute approximate surface area is 168 Å². The zero-order valence-corrected chi connectivity index (χ0v) is 16.6. The van der Waals surface area contributed by atoms with Crippen molar-refractivity contribution in [2.75, 3.05) is 6.54 Å². The molecule has 1 N–H and O–H groups in total. The maximum absolute atomic E-state index is 12.2. The minimum atomic E-state index is -0.0881. The summed E-state index contributed by atoms with van der Waals surface area (Å²) in [7, 11) is 0. The lowest BCUT2D eigenvalue weighted by molar-refractivity contribution is 0.0948. The number of fused-ring (bicyclic) bond motifs is 3. The second kappa shape index (κ2) is 7.60. The Hall–Kier alpha value is -2.92. The molecule has 4 nitrogen and oxygen atoms in total. The normalized spacial score (nSPS) is 12.1. The largest absolute Gasteiger partial charge is 0.488 e. The second-order valence-corrected chi connectivity index (χ2v) is 8.21. The van der Waals surface area contributed by atoms with Crippen molar-refractivity contribution in [3.8, 4) is 27.3 Å². The van der Waals surface area contributed by atoms with Crippen molar-refractivity contribution in [3.63, 3.8) is 0 Å². The summed E-state index contributed by atoms with van der Waals surface area (Å²) in [5, 5.41) is 4.96. The van der Waals surface area contributed by atoms with Crippen molar-refractivity contribution >= 4 is 23.5 Å². The molecule has 2 heterocycles. The van der Waals surface area contributed by atoms with Gasteiger partial charge in [0.2, 0.25) is 0 Å². The average Bonchev–Trinajstić information content (AvgIpc) is 3.20. The number of carbonyl (C=O) groups excluding carboxylic acids is 2. The Morgan fingerprint density at radius 3 is 2.68 bits per heavy atom. The molecule has 5 heteroatoms. The lowest BCUT2D eigenvalue weighted by Gasteiger charge is -2.20. The van der Waals surface area contributed by atoms with Crippen LogP contribution in [0.1, 0.15) is 40.1 Å². The average molecular weight is 391 g/mol. The molecule has 28 heavy (non-hydrogen) atoms. The van der Waals surface area contributed by atoms with Crippen molar-refractivity contribution in [2.24, 2.45) is 5.92 Å². The topological polar surface area (TPSA) is 55.4 Å². The highest BCUT2D eigenvalue weighted by atomic mass is 32.1. The zero-order valence-electron chi connectivity index (χ0n) is 15.8. The Balaban J connectivity index is 1.66. The van der Waals surface area contributed by atoms with Crippen LogP contribution < -0.4 is 10.1 Å². The van der Waals surface area contributed by atoms with Crippen molar-refractivity contribution in [2.45, 2.75) is 20.5 Å². The van der Waals surface area contributed by atoms with Gasteiger partial charge in [-0.1, -0.05) is 26.0 Å². The van der Waals surface area contributed by atoms with Gasteiger partial charge in [0.05, 0.1) is 0 Å². The molecule has 1 aliphatic rings. The molecule has 0 unspecified atom stereocenters. The number of hydrogen-bond acceptors (Lipinski definition) is 4. The number of benzene rings is 2. The molecule has 1 aliphatic heterocycles. The molecule has 0 radical (unpaired) electrons. The quantitative estimate of drug-likeness (QED) is 0.610. The maximum Gasteiger partial charge on any atom is 0.251 e. The van der Waals surface area contributed by atoms with Gasteiger partial charge in [0.25, 0.3) is 5.91 Å². The third-order valence-electron chi connectivity index (χ3n) is 4.78. The number of hydrogen-bond donors (Lipinski definition) is 1. The van der Waals surface area contributed by atoms with Crippen LogP contribution in [0.25, 0.3) is 21.6 Å². The van der Waals surface area contributed by atoms with Gasteiger partial charge in [-0.25, -0.2) is 0 Å². The van der Waals surface area contributed by atoms with E-state index >= 15 is 0 Å². The summed E-state index contributed by atoms with van der Waals surface area (Å²) in [6.45, 7) is 5.30. The van der Waals surface area contributed by atoms with E-state index in [-0.39, 0.29) is 5.91 Å². The summed E-state index contributed by atoms with van der Waals surface area (Å²) in [6, 6.07) is 13.2. The number of aldehydes is 1. The van der Waals surface area contributed by atoms with Crippen molar-refractivity contribution in [3.05, 3.63) is 64.5 Å². The van der Waals surface area contributed by atoms with Crippen LogP contribution in [0.5, 0.6) is 5.75 Å². The van der Waals surface area contributed by atoms with Crippen LogP contribution in [0.2, 0.25) is 0 Å². The summed E-state index contributed by atoms with van der Waals surface area (Å²) < 4.78 is 5.91. The number of rotatable bonds is 5. The summed E-state index contributed by atoms with van der Waals surface area (Å²) in [4.78, 5) is 25.1. The van der Waals surface area contributed by atoms with Crippen molar-refractivity contribution in [1.29, 1.82) is 0 Å². The number of thiophene rings is 1. The molecule has 142 valence electrons. The van der Waals surface area contributed by atoms with Gasteiger partial charge in [-0.15, -0.1) is 11.3 Å². The van der Waals surface area contributed by atoms with Crippen LogP contribution in [0.15, 0.2) is 47.8 Å². The summed E-state index contributed by atoms with van der Waals surface area (Å²) in [6.07, 6.45) is 0.876. The maximum atomic E-state index is 12.2. The van der Waals surface area contributed by atoms with E-state index in [1.165, 1.54) is 0 Å². The molecule has 1 amide bonds. The molecule has 0 aliphatic carbocycles. The number of carbonyl (C=O) groups is 2. The molecule has 3 aromatic rings. The number of amides is 1. The first kappa shape index (κ1) is 18.4. The van der Waals surface area contributed by atoms with Gasteiger partial charge in [-0.05, 0) is 52.8 Å². The lowest BCUT2D eigenvalue weighted by atomic mass is 9.94. The van der Waals surface area contributed by atoms with Gasteiger partial charge in [0.1, 0.15) is 12.4 Å². The molecule has 0 atom stereocenters. The number of ether oxygens (including phenoxy) is 1. The van der Waals surface area contributed by atoms with Gasteiger partial charge in [-0.2, -0.15) is 0 Å². The summed E-state index contributed by atoms with van der Waals surface area (Å²) >= 11 is 1.66. The Morgan fingerprint density at radius 1 is 1.18 bits per heavy atom. The van der Waals surface area contributed by atoms with Crippen LogP contribution in [-0.4, -0.2) is 18.7 Å². The lowest BCUT2D eigenvalue weighted by Crippen LogP contribution is -2.27. The van der Waals surface area contributed by atoms with E-state index in [4.69, 9.17) is 4.74 Å². The second-order valence-electron chi connectivity index (χ2n) is 7.30. The predicted molar refractivity (Wildman–Crippen MR) is 112 cm³/mol. The van der Waals surface area contributed by atoms with E-state index < -0.39 is 0 Å². The van der Waals surface area contributed by atoms with E-state index in [1.807, 2.05) is 29.6 Å². The smallest absolute Gasteiger partial charge is 0.251 e. The third-order valence-corrected chi connectivity index (χ3v) is 5.77. The van der Waals surface area contributed by atoms with E-state index in [2.05, 4.69) is 25.2 Å². The van der Waals surface area contributed by atoms with E-state index in [9.17, 15) is 9.59 Å². The van der Waals surface area contributed by atoms with Gasteiger partial charge in [0, 0.05) is 33.7 Å². The van der Waals surface area contributed by atoms with Crippen LogP contribution >= 0.6 is 11.3 Å². The molecule has 4 rings (SSSR count). The highest BCUT2D eigenvalue weighted by Crippen LogP contribution is 2.43. The van der Waals surface area contributed by atoms with Crippen LogP contribution in [-0.2, 0) is 6.61 Å².